The highest BCUT2D eigenvalue weighted by atomic mass is 16.6. The lowest BCUT2D eigenvalue weighted by Gasteiger charge is -2.24. The van der Waals surface area contributed by atoms with Crippen molar-refractivity contribution in [2.45, 2.75) is 46.1 Å². The molecule has 0 bridgehead atoms. The van der Waals surface area contributed by atoms with Crippen molar-refractivity contribution in [1.29, 1.82) is 5.26 Å². The van der Waals surface area contributed by atoms with E-state index in [9.17, 15) is 14.9 Å². The highest BCUT2D eigenvalue weighted by molar-refractivity contribution is 5.91. The number of likely N-dealkylation sites (N-methyl/N-ethyl adjacent to an activating group) is 1. The van der Waals surface area contributed by atoms with E-state index >= 15 is 0 Å². The van der Waals surface area contributed by atoms with Gasteiger partial charge in [-0.15, -0.1) is 0 Å². The molecule has 124 valence electrons. The number of hydrogen-bond donors (Lipinski definition) is 0. The number of nitriles is 1. The largest absolute Gasteiger partial charge is 0.444 e. The summed E-state index contributed by atoms with van der Waals surface area (Å²) in [7, 11) is 1.45. The van der Waals surface area contributed by atoms with Crippen LogP contribution in [0.25, 0.3) is 0 Å². The molecule has 1 atom stereocenters. The van der Waals surface area contributed by atoms with Gasteiger partial charge in [-0.3, -0.25) is 4.79 Å². The third kappa shape index (κ3) is 5.66. The van der Waals surface area contributed by atoms with Crippen LogP contribution in [-0.4, -0.2) is 45.9 Å². The number of amides is 1. The predicted octanol–water partition coefficient (Wildman–Crippen LogP) is 2.14. The van der Waals surface area contributed by atoms with Gasteiger partial charge in [0.2, 0.25) is 0 Å². The van der Waals surface area contributed by atoms with E-state index < -0.39 is 23.4 Å². The lowest BCUT2D eigenvalue weighted by atomic mass is 10.0. The van der Waals surface area contributed by atoms with Gasteiger partial charge in [0.15, 0.2) is 17.5 Å². The van der Waals surface area contributed by atoms with Gasteiger partial charge in [-0.1, -0.05) is 0 Å². The van der Waals surface area contributed by atoms with E-state index in [0.29, 0.717) is 11.4 Å². The molecule has 0 spiro atoms. The molecule has 7 heteroatoms. The molecule has 0 N–H and O–H groups in total. The topological polar surface area (TPSA) is 96.2 Å². The first-order chi connectivity index (χ1) is 10.5. The zero-order valence-corrected chi connectivity index (χ0v) is 14.4. The van der Waals surface area contributed by atoms with Gasteiger partial charge < -0.3 is 9.64 Å². The molecule has 0 saturated heterocycles. The Morgan fingerprint density at radius 3 is 2.26 bits per heavy atom. The first-order valence-electron chi connectivity index (χ1n) is 7.22. The Bertz CT molecular complexity index is 623. The Kier molecular flexibility index (Phi) is 5.79. The van der Waals surface area contributed by atoms with Crippen LogP contribution in [0.1, 0.15) is 43.9 Å². The minimum Gasteiger partial charge on any atom is -0.444 e. The third-order valence-electron chi connectivity index (χ3n) is 2.81. The lowest BCUT2D eigenvalue weighted by Crippen LogP contribution is -2.38. The van der Waals surface area contributed by atoms with Crippen LogP contribution in [0.3, 0.4) is 0 Å². The Labute approximate surface area is 136 Å². The molecule has 0 aromatic carbocycles. The van der Waals surface area contributed by atoms with E-state index in [1.807, 2.05) is 6.07 Å². The van der Waals surface area contributed by atoms with Crippen LogP contribution in [0.15, 0.2) is 6.07 Å². The van der Waals surface area contributed by atoms with Gasteiger partial charge in [0.25, 0.3) is 0 Å². The maximum absolute atomic E-state index is 12.3. The molecule has 0 saturated carbocycles. The van der Waals surface area contributed by atoms with Gasteiger partial charge >= 0.3 is 6.09 Å². The van der Waals surface area contributed by atoms with Crippen LogP contribution in [-0.2, 0) is 9.53 Å². The Morgan fingerprint density at radius 1 is 1.30 bits per heavy atom. The molecule has 7 nitrogen and oxygen atoms in total. The molecule has 0 aliphatic heterocycles. The quantitative estimate of drug-likeness (QED) is 0.843. The van der Waals surface area contributed by atoms with Gasteiger partial charge in [0.05, 0.1) is 12.6 Å². The van der Waals surface area contributed by atoms with Crippen LogP contribution in [0.4, 0.5) is 4.79 Å². The maximum atomic E-state index is 12.3. The molecule has 0 unspecified atom stereocenters. The average Bonchev–Trinajstić information content (AvgIpc) is 2.36. The summed E-state index contributed by atoms with van der Waals surface area (Å²) in [5.41, 5.74) is 0.710. The first-order valence-corrected chi connectivity index (χ1v) is 7.22. The molecule has 0 radical (unpaired) electrons. The van der Waals surface area contributed by atoms with E-state index in [1.54, 1.807) is 40.7 Å². The molecule has 1 aromatic rings. The lowest BCUT2D eigenvalue weighted by molar-refractivity contribution is -0.120. The molecule has 0 aliphatic carbocycles. The molecule has 1 heterocycles. The van der Waals surface area contributed by atoms with Crippen molar-refractivity contribution in [2.24, 2.45) is 0 Å². The van der Waals surface area contributed by atoms with Crippen molar-refractivity contribution in [2.75, 3.05) is 13.6 Å². The van der Waals surface area contributed by atoms with Crippen molar-refractivity contribution in [3.63, 3.8) is 0 Å². The number of ketones is 1. The summed E-state index contributed by atoms with van der Waals surface area (Å²) >= 11 is 0. The van der Waals surface area contributed by atoms with E-state index in [2.05, 4.69) is 9.97 Å². The molecule has 1 aromatic heterocycles. The zero-order valence-electron chi connectivity index (χ0n) is 14.4. The Balaban J connectivity index is 2.86. The highest BCUT2D eigenvalue weighted by Gasteiger charge is 2.27. The first kappa shape index (κ1) is 18.6. The molecule has 0 fully saturated rings. The monoisotopic (exact) mass is 318 g/mol. The summed E-state index contributed by atoms with van der Waals surface area (Å²) in [6, 6.07) is 3.67. The number of aryl methyl sites for hydroxylation is 2. The number of carbonyl (C=O) groups excluding carboxylic acids is 2. The van der Waals surface area contributed by atoms with Crippen molar-refractivity contribution in [1.82, 2.24) is 14.9 Å². The molecular formula is C16H22N4O3. The van der Waals surface area contributed by atoms with Crippen LogP contribution in [0, 0.1) is 25.2 Å². The zero-order chi connectivity index (χ0) is 17.8. The van der Waals surface area contributed by atoms with E-state index in [0.717, 1.165) is 4.90 Å². The van der Waals surface area contributed by atoms with Gasteiger partial charge in [0, 0.05) is 18.4 Å². The van der Waals surface area contributed by atoms with Gasteiger partial charge in [-0.25, -0.2) is 14.8 Å². The van der Waals surface area contributed by atoms with Crippen LogP contribution in [0.5, 0.6) is 0 Å². The number of carbonyl (C=O) groups is 2. The molecule has 1 rings (SSSR count). The minimum absolute atomic E-state index is 0.160. The summed E-state index contributed by atoms with van der Waals surface area (Å²) < 4.78 is 5.18. The Morgan fingerprint density at radius 2 is 1.83 bits per heavy atom. The van der Waals surface area contributed by atoms with Crippen molar-refractivity contribution in [3.8, 4) is 6.07 Å². The summed E-state index contributed by atoms with van der Waals surface area (Å²) in [6.07, 6.45) is -0.621. The molecule has 1 amide bonds. The van der Waals surface area contributed by atoms with E-state index in [-0.39, 0.29) is 12.4 Å². The van der Waals surface area contributed by atoms with Crippen LogP contribution in [0.2, 0.25) is 0 Å². The van der Waals surface area contributed by atoms with Gasteiger partial charge in [-0.2, -0.15) is 5.26 Å². The van der Waals surface area contributed by atoms with Crippen molar-refractivity contribution < 1.29 is 14.3 Å². The summed E-state index contributed by atoms with van der Waals surface area (Å²) in [6.45, 7) is 8.50. The van der Waals surface area contributed by atoms with Crippen LogP contribution < -0.4 is 0 Å². The van der Waals surface area contributed by atoms with Crippen LogP contribution >= 0.6 is 0 Å². The fourth-order valence-corrected chi connectivity index (χ4v) is 1.89. The number of rotatable bonds is 4. The molecular weight excluding hydrogens is 296 g/mol. The number of ether oxygens (including phenoxy) is 1. The van der Waals surface area contributed by atoms with Crippen molar-refractivity contribution >= 4 is 11.9 Å². The fourth-order valence-electron chi connectivity index (χ4n) is 1.89. The number of hydrogen-bond acceptors (Lipinski definition) is 6. The van der Waals surface area contributed by atoms with Gasteiger partial charge in [-0.05, 0) is 40.7 Å². The number of Topliss-reactive ketones (excluding diaryl/α,β-unsaturated/α-hetero) is 1. The second-order valence-electron chi connectivity index (χ2n) is 6.37. The normalized spacial score (nSPS) is 12.2. The number of nitrogens with zero attached hydrogens (tertiary/aromatic N) is 4. The standard InChI is InChI=1S/C16H22N4O3/c1-10-7-11(2)19-14(18-10)12(8-17)13(21)9-20(6)15(22)23-16(3,4)5/h7,12H,9H2,1-6H3/t12-/m1/s1. The SMILES string of the molecule is Cc1cc(C)nc([C@H](C#N)C(=O)CN(C)C(=O)OC(C)(C)C)n1. The van der Waals surface area contributed by atoms with Crippen molar-refractivity contribution in [3.05, 3.63) is 23.3 Å². The second-order valence-corrected chi connectivity index (χ2v) is 6.37. The molecule has 23 heavy (non-hydrogen) atoms. The Hall–Kier alpha value is -2.49. The molecule has 0 aliphatic rings. The second kappa shape index (κ2) is 7.18. The van der Waals surface area contributed by atoms with E-state index in [4.69, 9.17) is 4.74 Å². The maximum Gasteiger partial charge on any atom is 0.410 e. The third-order valence-corrected chi connectivity index (χ3v) is 2.81. The summed E-state index contributed by atoms with van der Waals surface area (Å²) in [4.78, 5) is 33.6. The summed E-state index contributed by atoms with van der Waals surface area (Å²) in [5, 5.41) is 9.28. The predicted molar refractivity (Wildman–Crippen MR) is 83.7 cm³/mol. The average molecular weight is 318 g/mol. The summed E-state index contributed by atoms with van der Waals surface area (Å²) in [5.74, 6) is -1.41. The highest BCUT2D eigenvalue weighted by Crippen LogP contribution is 2.15. The smallest absolute Gasteiger partial charge is 0.410 e. The number of aromatic nitrogens is 2. The van der Waals surface area contributed by atoms with E-state index in [1.165, 1.54) is 7.05 Å². The minimum atomic E-state index is -1.11. The fraction of sp³-hybridized carbons (Fsp3) is 0.562. The van der Waals surface area contributed by atoms with Gasteiger partial charge in [0.1, 0.15) is 5.60 Å².